The van der Waals surface area contributed by atoms with Crippen molar-refractivity contribution in [2.45, 2.75) is 12.6 Å². The maximum atomic E-state index is 12.5. The lowest BCUT2D eigenvalue weighted by atomic mass is 9.97. The van der Waals surface area contributed by atoms with E-state index in [2.05, 4.69) is 37.8 Å². The molecule has 0 fully saturated rings. The molecule has 1 N–H and O–H groups in total. The fourth-order valence-corrected chi connectivity index (χ4v) is 2.89. The zero-order chi connectivity index (χ0) is 17.1. The smallest absolute Gasteiger partial charge is 0.255 e. The van der Waals surface area contributed by atoms with E-state index >= 15 is 0 Å². The van der Waals surface area contributed by atoms with E-state index in [0.717, 1.165) is 22.4 Å². The predicted octanol–water partition coefficient (Wildman–Crippen LogP) is 4.46. The molecule has 2 heterocycles. The summed E-state index contributed by atoms with van der Waals surface area (Å²) in [5.74, 6) is 0. The maximum Gasteiger partial charge on any atom is 0.255 e. The number of nitrogens with one attached hydrogen (secondary N) is 1. The minimum Gasteiger partial charge on any atom is -0.321 e. The van der Waals surface area contributed by atoms with Gasteiger partial charge < -0.3 is 4.98 Å². The zero-order valence-corrected chi connectivity index (χ0v) is 13.3. The van der Waals surface area contributed by atoms with E-state index < -0.39 is 6.17 Å². The summed E-state index contributed by atoms with van der Waals surface area (Å²) in [6, 6.07) is 21.8. The molecule has 4 rings (SSSR count). The van der Waals surface area contributed by atoms with Gasteiger partial charge in [0.1, 0.15) is 0 Å². The molecule has 3 aromatic rings. The molecule has 25 heavy (non-hydrogen) atoms. The first-order valence-corrected chi connectivity index (χ1v) is 7.97. The number of hydrogen-bond donors (Lipinski definition) is 1. The number of pyridine rings is 1. The minimum absolute atomic E-state index is 0.222. The van der Waals surface area contributed by atoms with Gasteiger partial charge in [0.2, 0.25) is 6.17 Å². The number of aromatic amines is 1. The predicted molar refractivity (Wildman–Crippen MR) is 94.2 cm³/mol. The zero-order valence-electron chi connectivity index (χ0n) is 13.3. The molecule has 1 aromatic heterocycles. The molecule has 0 saturated carbocycles. The van der Waals surface area contributed by atoms with E-state index in [9.17, 15) is 4.79 Å². The number of nitrogens with zero attached hydrogens (tertiary/aromatic N) is 4. The van der Waals surface area contributed by atoms with Crippen molar-refractivity contribution in [3.63, 3.8) is 0 Å². The van der Waals surface area contributed by atoms with Gasteiger partial charge in [0.25, 0.3) is 5.56 Å². The number of H-pyrrole nitrogens is 1. The molecule has 0 spiro atoms. The van der Waals surface area contributed by atoms with Crippen LogP contribution in [-0.2, 0) is 6.42 Å². The van der Waals surface area contributed by atoms with Gasteiger partial charge >= 0.3 is 0 Å². The first kappa shape index (κ1) is 15.1. The topological polar surface area (TPSA) is 82.3 Å². The lowest BCUT2D eigenvalue weighted by molar-refractivity contribution is 0.748. The Labute approximate surface area is 144 Å². The molecule has 1 aliphatic heterocycles. The number of rotatable bonds is 4. The molecule has 6 nitrogen and oxygen atoms in total. The highest BCUT2D eigenvalue weighted by atomic mass is 16.1. The maximum absolute atomic E-state index is 12.5. The number of hydrogen-bond acceptors (Lipinski definition) is 5. The van der Waals surface area contributed by atoms with Crippen molar-refractivity contribution < 1.29 is 0 Å². The standard InChI is InChI=1S/C19H15N5O/c25-19-16(18-21-23-24-22-18)12-15(11-13-7-3-1-4-8-13)17(20-19)14-9-5-2-6-10-14/h1-10,12,18H,11H2,(H,20,25). The van der Waals surface area contributed by atoms with Crippen LogP contribution in [0.1, 0.15) is 22.9 Å². The van der Waals surface area contributed by atoms with Crippen molar-refractivity contribution in [2.75, 3.05) is 0 Å². The van der Waals surface area contributed by atoms with Crippen LogP contribution in [0.5, 0.6) is 0 Å². The minimum atomic E-state index is -0.664. The van der Waals surface area contributed by atoms with Crippen LogP contribution in [0.25, 0.3) is 11.3 Å². The van der Waals surface area contributed by atoms with Crippen molar-refractivity contribution in [1.29, 1.82) is 0 Å². The van der Waals surface area contributed by atoms with E-state index in [1.54, 1.807) is 0 Å². The summed E-state index contributed by atoms with van der Waals surface area (Å²) in [6.07, 6.45) is 0.0265. The van der Waals surface area contributed by atoms with Crippen LogP contribution < -0.4 is 5.56 Å². The normalized spacial score (nSPS) is 13.4. The van der Waals surface area contributed by atoms with Gasteiger partial charge in [0.05, 0.1) is 11.3 Å². The van der Waals surface area contributed by atoms with Gasteiger partial charge in [-0.15, -0.1) is 10.2 Å². The third-order valence-electron chi connectivity index (χ3n) is 4.09. The molecule has 0 unspecified atom stereocenters. The fourth-order valence-electron chi connectivity index (χ4n) is 2.89. The van der Waals surface area contributed by atoms with E-state index in [1.807, 2.05) is 54.6 Å². The second-order valence-electron chi connectivity index (χ2n) is 5.77. The average Bonchev–Trinajstić information content (AvgIpc) is 3.19. The summed E-state index contributed by atoms with van der Waals surface area (Å²) in [5, 5.41) is 14.8. The molecule has 0 radical (unpaired) electrons. The Morgan fingerprint density at radius 1 is 0.880 bits per heavy atom. The van der Waals surface area contributed by atoms with Crippen LogP contribution >= 0.6 is 0 Å². The van der Waals surface area contributed by atoms with Crippen LogP contribution in [0, 0.1) is 0 Å². The monoisotopic (exact) mass is 329 g/mol. The van der Waals surface area contributed by atoms with Gasteiger partial charge in [-0.05, 0) is 39.6 Å². The Morgan fingerprint density at radius 2 is 1.52 bits per heavy atom. The van der Waals surface area contributed by atoms with Gasteiger partial charge in [-0.2, -0.15) is 0 Å². The van der Waals surface area contributed by atoms with E-state index in [4.69, 9.17) is 0 Å². The van der Waals surface area contributed by atoms with Crippen molar-refractivity contribution in [2.24, 2.45) is 20.7 Å². The molecule has 122 valence electrons. The van der Waals surface area contributed by atoms with Crippen molar-refractivity contribution in [3.8, 4) is 11.3 Å². The fraction of sp³-hybridized carbons (Fsp3) is 0.105. The molecule has 0 saturated heterocycles. The first-order valence-electron chi connectivity index (χ1n) is 7.97. The molecular formula is C19H15N5O. The Hall–Kier alpha value is -3.41. The van der Waals surface area contributed by atoms with Crippen LogP contribution in [0.15, 0.2) is 92.2 Å². The number of benzene rings is 2. The van der Waals surface area contributed by atoms with Gasteiger partial charge in [0, 0.05) is 0 Å². The van der Waals surface area contributed by atoms with E-state index in [1.165, 1.54) is 0 Å². The Morgan fingerprint density at radius 3 is 2.20 bits per heavy atom. The third-order valence-corrected chi connectivity index (χ3v) is 4.09. The lowest BCUT2D eigenvalue weighted by Gasteiger charge is -2.12. The lowest BCUT2D eigenvalue weighted by Crippen LogP contribution is -2.17. The summed E-state index contributed by atoms with van der Waals surface area (Å²) in [7, 11) is 0. The molecule has 2 aromatic carbocycles. The first-order chi connectivity index (χ1) is 12.3. The van der Waals surface area contributed by atoms with Gasteiger partial charge in [0.15, 0.2) is 0 Å². The van der Waals surface area contributed by atoms with Gasteiger partial charge in [-0.25, -0.2) is 0 Å². The van der Waals surface area contributed by atoms with Crippen molar-refractivity contribution in [3.05, 3.63) is 93.8 Å². The second kappa shape index (κ2) is 6.60. The largest absolute Gasteiger partial charge is 0.321 e. The van der Waals surface area contributed by atoms with Crippen molar-refractivity contribution >= 4 is 0 Å². The summed E-state index contributed by atoms with van der Waals surface area (Å²) < 4.78 is 0. The van der Waals surface area contributed by atoms with Crippen LogP contribution in [-0.4, -0.2) is 4.98 Å². The Bertz CT molecular complexity index is 981. The van der Waals surface area contributed by atoms with Crippen LogP contribution in [0.4, 0.5) is 0 Å². The molecular weight excluding hydrogens is 314 g/mol. The van der Waals surface area contributed by atoms with Crippen LogP contribution in [0.3, 0.4) is 0 Å². The van der Waals surface area contributed by atoms with Gasteiger partial charge in [-0.1, -0.05) is 60.7 Å². The molecule has 0 bridgehead atoms. The SMILES string of the molecule is O=c1[nH]c(-c2ccccc2)c(Cc2ccccc2)cc1C1N=NN=N1. The summed E-state index contributed by atoms with van der Waals surface area (Å²) in [4.78, 5) is 15.5. The summed E-state index contributed by atoms with van der Waals surface area (Å²) in [5.41, 5.74) is 4.17. The van der Waals surface area contributed by atoms with E-state index in [-0.39, 0.29) is 5.56 Å². The van der Waals surface area contributed by atoms with Crippen LogP contribution in [0.2, 0.25) is 0 Å². The van der Waals surface area contributed by atoms with Gasteiger partial charge in [-0.3, -0.25) is 4.79 Å². The molecule has 0 amide bonds. The molecule has 6 heteroatoms. The third kappa shape index (κ3) is 3.14. The Balaban J connectivity index is 1.85. The highest BCUT2D eigenvalue weighted by Crippen LogP contribution is 2.27. The molecule has 0 aliphatic carbocycles. The summed E-state index contributed by atoms with van der Waals surface area (Å²) in [6.45, 7) is 0. The summed E-state index contributed by atoms with van der Waals surface area (Å²) >= 11 is 0. The number of aromatic nitrogens is 1. The quantitative estimate of drug-likeness (QED) is 0.753. The molecule has 0 atom stereocenters. The highest BCUT2D eigenvalue weighted by Gasteiger charge is 2.20. The van der Waals surface area contributed by atoms with E-state index in [0.29, 0.717) is 12.0 Å². The highest BCUT2D eigenvalue weighted by molar-refractivity contribution is 5.64. The average molecular weight is 329 g/mol. The second-order valence-corrected chi connectivity index (χ2v) is 5.77. The Kier molecular flexibility index (Phi) is 4.00. The molecule has 1 aliphatic rings. The van der Waals surface area contributed by atoms with Crippen molar-refractivity contribution in [1.82, 2.24) is 4.98 Å².